The molecule has 2 saturated heterocycles. The van der Waals surface area contributed by atoms with Crippen molar-refractivity contribution in [3.05, 3.63) is 59.4 Å². The van der Waals surface area contributed by atoms with Gasteiger partial charge < -0.3 is 14.8 Å². The second-order valence-corrected chi connectivity index (χ2v) is 9.74. The van der Waals surface area contributed by atoms with E-state index in [0.717, 1.165) is 36.2 Å². The van der Waals surface area contributed by atoms with Gasteiger partial charge in [0.1, 0.15) is 0 Å². The molecule has 2 aromatic carbocycles. The summed E-state index contributed by atoms with van der Waals surface area (Å²) in [5.41, 5.74) is 5.99. The fourth-order valence-electron chi connectivity index (χ4n) is 5.48. The highest BCUT2D eigenvalue weighted by Gasteiger charge is 2.26. The number of likely N-dealkylation sites (tertiary alicyclic amines) is 2. The van der Waals surface area contributed by atoms with Gasteiger partial charge in [-0.2, -0.15) is 0 Å². The lowest BCUT2D eigenvalue weighted by Crippen LogP contribution is -2.43. The van der Waals surface area contributed by atoms with E-state index < -0.39 is 0 Å². The molecule has 0 saturated carbocycles. The summed E-state index contributed by atoms with van der Waals surface area (Å²) in [7, 11) is 0. The van der Waals surface area contributed by atoms with Gasteiger partial charge in [0.25, 0.3) is 0 Å². The summed E-state index contributed by atoms with van der Waals surface area (Å²) in [6.45, 7) is 11.7. The summed E-state index contributed by atoms with van der Waals surface area (Å²) in [5, 5.41) is 3.38. The lowest BCUT2D eigenvalue weighted by Gasteiger charge is -2.36. The number of benzene rings is 2. The lowest BCUT2D eigenvalue weighted by molar-refractivity contribution is 0.123. The minimum atomic E-state index is 0.606. The number of aromatic nitrogens is 2. The molecule has 0 aliphatic carbocycles. The predicted molar refractivity (Wildman–Crippen MR) is 141 cm³/mol. The Morgan fingerprint density at radius 2 is 1.76 bits per heavy atom. The van der Waals surface area contributed by atoms with Gasteiger partial charge in [0.05, 0.1) is 17.6 Å². The van der Waals surface area contributed by atoms with Crippen LogP contribution in [0.15, 0.2) is 42.5 Å². The number of nitrogens with zero attached hydrogens (tertiary/aromatic N) is 4. The average molecular weight is 456 g/mol. The number of nitrogens with one attached hydrogen (secondary N) is 1. The van der Waals surface area contributed by atoms with Crippen molar-refractivity contribution in [1.29, 1.82) is 0 Å². The van der Waals surface area contributed by atoms with Crippen LogP contribution in [0.3, 0.4) is 0 Å². The van der Waals surface area contributed by atoms with Crippen LogP contribution in [-0.2, 0) is 13.1 Å². The van der Waals surface area contributed by atoms with Gasteiger partial charge in [-0.3, -0.25) is 4.90 Å². The maximum Gasteiger partial charge on any atom is 0.186 e. The standard InChI is InChI=1S/C29H37N5/c1-3-34-27-9-6-8-24(22-32-20-15-26(16-21-32)33-18-4-5-19-33)29(27)31-28(34)10-7-17-30-25-13-11-23(2)12-14-25/h6,8-9,11-14,26,30H,3-5,15-22H2,1-2H3. The van der Waals surface area contributed by atoms with Crippen LogP contribution in [0.4, 0.5) is 5.69 Å². The molecule has 0 amide bonds. The second-order valence-electron chi connectivity index (χ2n) is 9.74. The largest absolute Gasteiger partial charge is 0.374 e. The van der Waals surface area contributed by atoms with Crippen molar-refractivity contribution in [3.8, 4) is 11.8 Å². The molecule has 0 radical (unpaired) electrons. The van der Waals surface area contributed by atoms with E-state index in [4.69, 9.17) is 4.98 Å². The van der Waals surface area contributed by atoms with Crippen molar-refractivity contribution in [3.63, 3.8) is 0 Å². The molecule has 5 nitrogen and oxygen atoms in total. The first kappa shape index (κ1) is 23.0. The van der Waals surface area contributed by atoms with Crippen LogP contribution in [0.1, 0.15) is 49.6 Å². The number of hydrogen-bond donors (Lipinski definition) is 1. The van der Waals surface area contributed by atoms with Crippen molar-refractivity contribution in [2.75, 3.05) is 38.0 Å². The minimum absolute atomic E-state index is 0.606. The van der Waals surface area contributed by atoms with Gasteiger partial charge in [-0.05, 0) is 95.4 Å². The summed E-state index contributed by atoms with van der Waals surface area (Å²) >= 11 is 0. The fourth-order valence-corrected chi connectivity index (χ4v) is 5.48. The molecule has 2 aliphatic rings. The summed E-state index contributed by atoms with van der Waals surface area (Å²) in [5.74, 6) is 7.46. The molecule has 2 aliphatic heterocycles. The van der Waals surface area contributed by atoms with E-state index in [9.17, 15) is 0 Å². The van der Waals surface area contributed by atoms with Gasteiger partial charge in [-0.25, -0.2) is 4.98 Å². The third-order valence-corrected chi connectivity index (χ3v) is 7.42. The number of piperidine rings is 1. The number of aryl methyl sites for hydroxylation is 2. The van der Waals surface area contributed by atoms with E-state index in [2.05, 4.69) is 87.8 Å². The highest BCUT2D eigenvalue weighted by atomic mass is 15.2. The monoisotopic (exact) mass is 455 g/mol. The Labute approximate surface area is 204 Å². The predicted octanol–water partition coefficient (Wildman–Crippen LogP) is 4.89. The van der Waals surface area contributed by atoms with Gasteiger partial charge >= 0.3 is 0 Å². The Hall–Kier alpha value is -2.81. The number of anilines is 1. The second kappa shape index (κ2) is 10.6. The summed E-state index contributed by atoms with van der Waals surface area (Å²) in [6.07, 6.45) is 5.36. The third-order valence-electron chi connectivity index (χ3n) is 7.42. The average Bonchev–Trinajstić information content (AvgIpc) is 3.52. The Bertz CT molecular complexity index is 1150. The van der Waals surface area contributed by atoms with Gasteiger partial charge in [0.2, 0.25) is 0 Å². The molecule has 0 atom stereocenters. The van der Waals surface area contributed by atoms with Crippen LogP contribution in [0.2, 0.25) is 0 Å². The van der Waals surface area contributed by atoms with Gasteiger partial charge in [-0.1, -0.05) is 35.7 Å². The molecule has 3 aromatic rings. The number of fused-ring (bicyclic) bond motifs is 1. The van der Waals surface area contributed by atoms with E-state index in [1.165, 1.54) is 68.5 Å². The Kier molecular flexibility index (Phi) is 7.18. The number of imidazole rings is 1. The van der Waals surface area contributed by atoms with Crippen LogP contribution in [0.5, 0.6) is 0 Å². The van der Waals surface area contributed by atoms with Crippen molar-refractivity contribution in [2.45, 2.75) is 58.7 Å². The van der Waals surface area contributed by atoms with E-state index in [0.29, 0.717) is 6.54 Å². The molecule has 34 heavy (non-hydrogen) atoms. The van der Waals surface area contributed by atoms with Crippen molar-refractivity contribution >= 4 is 16.7 Å². The van der Waals surface area contributed by atoms with Gasteiger partial charge in [-0.15, -0.1) is 0 Å². The molecular weight excluding hydrogens is 418 g/mol. The van der Waals surface area contributed by atoms with Crippen LogP contribution < -0.4 is 5.32 Å². The fraction of sp³-hybridized carbons (Fsp3) is 0.483. The van der Waals surface area contributed by atoms with Crippen molar-refractivity contribution in [1.82, 2.24) is 19.4 Å². The topological polar surface area (TPSA) is 36.3 Å². The SMILES string of the molecule is CCn1c(C#CCNc2ccc(C)cc2)nc2c(CN3CCC(N4CCCC4)CC3)cccc21. The van der Waals surface area contributed by atoms with Crippen LogP contribution >= 0.6 is 0 Å². The first-order valence-corrected chi connectivity index (χ1v) is 12.9. The molecule has 5 rings (SSSR count). The summed E-state index contributed by atoms with van der Waals surface area (Å²) < 4.78 is 2.25. The third kappa shape index (κ3) is 5.14. The quantitative estimate of drug-likeness (QED) is 0.537. The molecule has 178 valence electrons. The minimum Gasteiger partial charge on any atom is -0.374 e. The normalized spacial score (nSPS) is 17.7. The maximum atomic E-state index is 5.01. The first-order chi connectivity index (χ1) is 16.7. The lowest BCUT2D eigenvalue weighted by atomic mass is 10.0. The number of para-hydroxylation sites is 1. The molecule has 5 heteroatoms. The highest BCUT2D eigenvalue weighted by molar-refractivity contribution is 5.80. The molecule has 0 unspecified atom stereocenters. The summed E-state index contributed by atoms with van der Waals surface area (Å²) in [4.78, 5) is 10.3. The van der Waals surface area contributed by atoms with Crippen LogP contribution in [-0.4, -0.2) is 58.1 Å². The zero-order chi connectivity index (χ0) is 23.3. The molecule has 0 bridgehead atoms. The molecule has 3 heterocycles. The van der Waals surface area contributed by atoms with E-state index in [1.54, 1.807) is 0 Å². The zero-order valence-corrected chi connectivity index (χ0v) is 20.7. The molecule has 2 fully saturated rings. The van der Waals surface area contributed by atoms with E-state index in [-0.39, 0.29) is 0 Å². The molecular formula is C29H37N5. The molecule has 1 aromatic heterocycles. The number of hydrogen-bond acceptors (Lipinski definition) is 4. The number of rotatable bonds is 6. The smallest absolute Gasteiger partial charge is 0.186 e. The van der Waals surface area contributed by atoms with Crippen LogP contribution in [0, 0.1) is 18.8 Å². The van der Waals surface area contributed by atoms with Gasteiger partial charge in [0, 0.05) is 24.8 Å². The zero-order valence-electron chi connectivity index (χ0n) is 20.7. The van der Waals surface area contributed by atoms with E-state index in [1.807, 2.05) is 0 Å². The van der Waals surface area contributed by atoms with Crippen molar-refractivity contribution < 1.29 is 0 Å². The Morgan fingerprint density at radius 1 is 1.00 bits per heavy atom. The highest BCUT2D eigenvalue weighted by Crippen LogP contribution is 2.25. The van der Waals surface area contributed by atoms with E-state index >= 15 is 0 Å². The summed E-state index contributed by atoms with van der Waals surface area (Å²) in [6, 6.07) is 15.8. The molecule has 0 spiro atoms. The maximum absolute atomic E-state index is 5.01. The van der Waals surface area contributed by atoms with Crippen molar-refractivity contribution in [2.24, 2.45) is 0 Å². The molecule has 1 N–H and O–H groups in total. The van der Waals surface area contributed by atoms with Gasteiger partial charge in [0.15, 0.2) is 5.82 Å². The first-order valence-electron chi connectivity index (χ1n) is 12.9. The Morgan fingerprint density at radius 3 is 2.50 bits per heavy atom. The van der Waals surface area contributed by atoms with Crippen LogP contribution in [0.25, 0.3) is 11.0 Å². The Balaban J connectivity index is 1.26.